The molecule has 2 aromatic carbocycles. The van der Waals surface area contributed by atoms with Gasteiger partial charge in [-0.2, -0.15) is 0 Å². The van der Waals surface area contributed by atoms with Crippen LogP contribution in [0.2, 0.25) is 0 Å². The third-order valence-electron chi connectivity index (χ3n) is 4.88. The normalized spacial score (nSPS) is 22.5. The molecule has 4 rings (SSSR count). The lowest BCUT2D eigenvalue weighted by Gasteiger charge is -2.21. The monoisotopic (exact) mass is 335 g/mol. The Morgan fingerprint density at radius 1 is 0.960 bits per heavy atom. The second-order valence-electron chi connectivity index (χ2n) is 6.39. The summed E-state index contributed by atoms with van der Waals surface area (Å²) in [5, 5.41) is 10.9. The predicted molar refractivity (Wildman–Crippen MR) is 92.0 cm³/mol. The topological polar surface area (TPSA) is 69.4 Å². The Labute approximate surface area is 145 Å². The number of non-ortho nitro benzene ring substituents is 1. The van der Waals surface area contributed by atoms with Crippen LogP contribution in [-0.4, -0.2) is 10.7 Å². The van der Waals surface area contributed by atoms with E-state index < -0.39 is 4.92 Å². The van der Waals surface area contributed by atoms with Crippen LogP contribution in [0, 0.1) is 10.1 Å². The van der Waals surface area contributed by atoms with Crippen LogP contribution in [0.25, 0.3) is 0 Å². The van der Waals surface area contributed by atoms with Crippen molar-refractivity contribution in [2.75, 3.05) is 0 Å². The van der Waals surface area contributed by atoms with E-state index in [1.165, 1.54) is 12.1 Å². The molecule has 1 aliphatic heterocycles. The van der Waals surface area contributed by atoms with Crippen molar-refractivity contribution >= 4 is 11.5 Å². The number of nitrogens with zero attached hydrogens (tertiary/aromatic N) is 1. The van der Waals surface area contributed by atoms with E-state index in [9.17, 15) is 14.9 Å². The lowest BCUT2D eigenvalue weighted by molar-refractivity contribution is -0.384. The number of ketones is 1. The Morgan fingerprint density at radius 3 is 2.36 bits per heavy atom. The fourth-order valence-corrected chi connectivity index (χ4v) is 3.72. The molecule has 0 saturated carbocycles. The molecular weight excluding hydrogens is 318 g/mol. The zero-order chi connectivity index (χ0) is 17.4. The van der Waals surface area contributed by atoms with Gasteiger partial charge in [0.1, 0.15) is 11.9 Å². The van der Waals surface area contributed by atoms with Gasteiger partial charge in [0.15, 0.2) is 5.78 Å². The van der Waals surface area contributed by atoms with Crippen LogP contribution in [0.5, 0.6) is 0 Å². The maximum absolute atomic E-state index is 12.6. The van der Waals surface area contributed by atoms with Crippen LogP contribution in [0.3, 0.4) is 0 Å². The molecule has 0 saturated heterocycles. The van der Waals surface area contributed by atoms with Gasteiger partial charge in [-0.25, -0.2) is 0 Å². The number of hydrogen-bond acceptors (Lipinski definition) is 4. The quantitative estimate of drug-likeness (QED) is 0.613. The number of carbonyl (C=O) groups is 1. The number of nitro benzene ring substituents is 1. The number of ether oxygens (including phenoxy) is 1. The van der Waals surface area contributed by atoms with E-state index in [1.807, 2.05) is 30.3 Å². The Kier molecular flexibility index (Phi) is 3.84. The minimum Gasteiger partial charge on any atom is -0.489 e. The van der Waals surface area contributed by atoms with Gasteiger partial charge in [-0.1, -0.05) is 30.3 Å². The molecule has 5 nitrogen and oxygen atoms in total. The fourth-order valence-electron chi connectivity index (χ4n) is 3.72. The van der Waals surface area contributed by atoms with E-state index in [4.69, 9.17) is 4.74 Å². The van der Waals surface area contributed by atoms with Crippen LogP contribution >= 0.6 is 0 Å². The number of allylic oxidation sites excluding steroid dienone is 1. The van der Waals surface area contributed by atoms with E-state index in [2.05, 4.69) is 0 Å². The van der Waals surface area contributed by atoms with Crippen LogP contribution < -0.4 is 0 Å². The minimum absolute atomic E-state index is 0.0480. The molecule has 2 aromatic rings. The Hall–Kier alpha value is -2.95. The molecule has 0 aromatic heterocycles. The maximum atomic E-state index is 12.6. The smallest absolute Gasteiger partial charge is 0.269 e. The summed E-state index contributed by atoms with van der Waals surface area (Å²) >= 11 is 0. The lowest BCUT2D eigenvalue weighted by atomic mass is 9.80. The lowest BCUT2D eigenvalue weighted by Crippen LogP contribution is -2.16. The number of rotatable bonds is 3. The second kappa shape index (κ2) is 6.16. The molecule has 126 valence electrons. The molecule has 2 atom stereocenters. The summed E-state index contributed by atoms with van der Waals surface area (Å²) in [6.45, 7) is 0. The number of Topliss-reactive ketones (excluding diaryl/α,β-unsaturated/α-hetero) is 1. The van der Waals surface area contributed by atoms with Gasteiger partial charge in [-0.05, 0) is 29.7 Å². The third kappa shape index (κ3) is 2.71. The molecule has 0 fully saturated rings. The van der Waals surface area contributed by atoms with E-state index in [0.29, 0.717) is 6.42 Å². The molecule has 0 amide bonds. The molecule has 0 unspecified atom stereocenters. The average Bonchev–Trinajstić information content (AvgIpc) is 3.03. The highest BCUT2D eigenvalue weighted by Gasteiger charge is 2.42. The Balaban J connectivity index is 1.77. The number of nitro groups is 1. The summed E-state index contributed by atoms with van der Waals surface area (Å²) in [6.07, 6.45) is 1.81. The summed E-state index contributed by atoms with van der Waals surface area (Å²) < 4.78 is 6.18. The summed E-state index contributed by atoms with van der Waals surface area (Å²) in [6, 6.07) is 16.3. The van der Waals surface area contributed by atoms with Crippen LogP contribution in [0.4, 0.5) is 5.69 Å². The molecule has 0 radical (unpaired) electrons. The van der Waals surface area contributed by atoms with Crippen LogP contribution in [0.15, 0.2) is 65.9 Å². The SMILES string of the molecule is O=C1CCCC2=C1[C@H](c1ccccc1)[C@@H](c1ccc([N+](=O)[O-])cc1)O2. The average molecular weight is 335 g/mol. The summed E-state index contributed by atoms with van der Waals surface area (Å²) in [7, 11) is 0. The molecule has 1 heterocycles. The molecular formula is C20H17NO4. The highest BCUT2D eigenvalue weighted by atomic mass is 16.6. The van der Waals surface area contributed by atoms with Crippen molar-refractivity contribution in [1.82, 2.24) is 0 Å². The molecule has 25 heavy (non-hydrogen) atoms. The molecule has 0 bridgehead atoms. The van der Waals surface area contributed by atoms with E-state index in [-0.39, 0.29) is 23.5 Å². The Bertz CT molecular complexity index is 855. The second-order valence-corrected chi connectivity index (χ2v) is 6.39. The van der Waals surface area contributed by atoms with Crippen molar-refractivity contribution < 1.29 is 14.5 Å². The number of benzene rings is 2. The standard InChI is InChI=1S/C20H17NO4/c22-16-7-4-8-17-19(16)18(13-5-2-1-3-6-13)20(25-17)14-9-11-15(12-10-14)21(23)24/h1-3,5-6,9-12,18,20H,4,7-8H2/t18-,20+/m0/s1. The van der Waals surface area contributed by atoms with Crippen molar-refractivity contribution in [3.63, 3.8) is 0 Å². The van der Waals surface area contributed by atoms with E-state index >= 15 is 0 Å². The van der Waals surface area contributed by atoms with Crippen molar-refractivity contribution in [2.45, 2.75) is 31.3 Å². The maximum Gasteiger partial charge on any atom is 0.269 e. The van der Waals surface area contributed by atoms with Gasteiger partial charge in [0.2, 0.25) is 0 Å². The molecule has 1 aliphatic carbocycles. The van der Waals surface area contributed by atoms with Crippen LogP contribution in [-0.2, 0) is 9.53 Å². The first kappa shape index (κ1) is 15.6. The van der Waals surface area contributed by atoms with Gasteiger partial charge >= 0.3 is 0 Å². The first-order valence-corrected chi connectivity index (χ1v) is 8.37. The number of hydrogen-bond donors (Lipinski definition) is 0. The summed E-state index contributed by atoms with van der Waals surface area (Å²) in [5.74, 6) is 0.776. The fraction of sp³-hybridized carbons (Fsp3) is 0.250. The van der Waals surface area contributed by atoms with Gasteiger partial charge in [0.05, 0.1) is 10.8 Å². The van der Waals surface area contributed by atoms with Gasteiger partial charge in [0, 0.05) is 30.5 Å². The first-order chi connectivity index (χ1) is 12.1. The van der Waals surface area contributed by atoms with Crippen molar-refractivity contribution in [3.8, 4) is 0 Å². The van der Waals surface area contributed by atoms with Crippen molar-refractivity contribution in [1.29, 1.82) is 0 Å². The van der Waals surface area contributed by atoms with Crippen molar-refractivity contribution in [3.05, 3.63) is 87.2 Å². The zero-order valence-electron chi connectivity index (χ0n) is 13.6. The van der Waals surface area contributed by atoms with Gasteiger partial charge in [-0.15, -0.1) is 0 Å². The van der Waals surface area contributed by atoms with Crippen LogP contribution in [0.1, 0.15) is 42.4 Å². The minimum atomic E-state index is -0.416. The van der Waals surface area contributed by atoms with Gasteiger partial charge < -0.3 is 4.74 Å². The van der Waals surface area contributed by atoms with E-state index in [1.54, 1.807) is 12.1 Å². The van der Waals surface area contributed by atoms with E-state index in [0.717, 1.165) is 35.3 Å². The molecule has 5 heteroatoms. The largest absolute Gasteiger partial charge is 0.489 e. The predicted octanol–water partition coefficient (Wildman–Crippen LogP) is 4.46. The summed E-state index contributed by atoms with van der Waals surface area (Å²) in [5.41, 5.74) is 2.71. The Morgan fingerprint density at radius 2 is 1.68 bits per heavy atom. The number of carbonyl (C=O) groups excluding carboxylic acids is 1. The first-order valence-electron chi connectivity index (χ1n) is 8.37. The highest BCUT2D eigenvalue weighted by Crippen LogP contribution is 2.50. The zero-order valence-corrected chi connectivity index (χ0v) is 13.6. The molecule has 0 spiro atoms. The third-order valence-corrected chi connectivity index (χ3v) is 4.88. The highest BCUT2D eigenvalue weighted by molar-refractivity contribution is 5.98. The van der Waals surface area contributed by atoms with Crippen molar-refractivity contribution in [2.24, 2.45) is 0 Å². The molecule has 2 aliphatic rings. The summed E-state index contributed by atoms with van der Waals surface area (Å²) in [4.78, 5) is 23.0. The van der Waals surface area contributed by atoms with Gasteiger partial charge in [-0.3, -0.25) is 14.9 Å². The molecule has 0 N–H and O–H groups in total. The van der Waals surface area contributed by atoms with Gasteiger partial charge in [0.25, 0.3) is 5.69 Å².